The fourth-order valence-electron chi connectivity index (χ4n) is 1.36. The highest BCUT2D eigenvalue weighted by atomic mass is 14.9. The molecule has 0 aliphatic rings. The molecule has 1 nitrogen and oxygen atoms in total. The van der Waals surface area contributed by atoms with Gasteiger partial charge in [0.25, 0.3) is 0 Å². The Kier molecular flexibility index (Phi) is 8.69. The summed E-state index contributed by atoms with van der Waals surface area (Å²) in [4.78, 5) is 0. The number of hydrogen-bond donors (Lipinski definition) is 1. The maximum atomic E-state index is 3.43. The molecular formula is C15H27N. The molecule has 1 rings (SSSR count). The van der Waals surface area contributed by atoms with Crippen molar-refractivity contribution < 1.29 is 0 Å². The maximum absolute atomic E-state index is 3.43. The minimum Gasteiger partial charge on any atom is -0.385 e. The summed E-state index contributed by atoms with van der Waals surface area (Å²) < 4.78 is 0. The van der Waals surface area contributed by atoms with Crippen molar-refractivity contribution in [2.45, 2.75) is 47.5 Å². The second-order valence-corrected chi connectivity index (χ2v) is 4.16. The summed E-state index contributed by atoms with van der Waals surface area (Å²) in [6, 6.07) is 8.72. The van der Waals surface area contributed by atoms with Crippen molar-refractivity contribution in [3.05, 3.63) is 29.8 Å². The van der Waals surface area contributed by atoms with Gasteiger partial charge >= 0.3 is 0 Å². The van der Waals surface area contributed by atoms with E-state index in [-0.39, 0.29) is 0 Å². The second kappa shape index (κ2) is 9.26. The molecule has 1 heteroatoms. The number of aryl methyl sites for hydroxylation is 1. The van der Waals surface area contributed by atoms with Gasteiger partial charge in [-0.25, -0.2) is 0 Å². The third-order valence-corrected chi connectivity index (χ3v) is 2.41. The average Bonchev–Trinajstić information content (AvgIpc) is 2.32. The molecule has 1 N–H and O–H groups in total. The Labute approximate surface area is 101 Å². The van der Waals surface area contributed by atoms with Crippen LogP contribution in [0.5, 0.6) is 0 Å². The van der Waals surface area contributed by atoms with Crippen LogP contribution in [0.4, 0.5) is 5.69 Å². The van der Waals surface area contributed by atoms with E-state index in [4.69, 9.17) is 0 Å². The van der Waals surface area contributed by atoms with Crippen molar-refractivity contribution in [2.24, 2.45) is 5.92 Å². The molecule has 0 aromatic heterocycles. The van der Waals surface area contributed by atoms with Crippen molar-refractivity contribution in [1.82, 2.24) is 0 Å². The van der Waals surface area contributed by atoms with Crippen LogP contribution in [0, 0.1) is 5.92 Å². The molecule has 16 heavy (non-hydrogen) atoms. The molecular weight excluding hydrogens is 194 g/mol. The molecule has 1 aromatic rings. The summed E-state index contributed by atoms with van der Waals surface area (Å²) in [6.45, 7) is 11.8. The molecule has 0 radical (unpaired) electrons. The highest BCUT2D eigenvalue weighted by Gasteiger charge is 1.94. The fraction of sp³-hybridized carbons (Fsp3) is 0.600. The largest absolute Gasteiger partial charge is 0.385 e. The Bertz CT molecular complexity index is 249. The summed E-state index contributed by atoms with van der Waals surface area (Å²) >= 11 is 0. The lowest BCUT2D eigenvalue weighted by Gasteiger charge is -2.08. The first-order valence-corrected chi connectivity index (χ1v) is 6.55. The Balaban J connectivity index is 0.00000106. The molecule has 0 bridgehead atoms. The van der Waals surface area contributed by atoms with Crippen molar-refractivity contribution >= 4 is 5.69 Å². The molecule has 0 aliphatic carbocycles. The lowest BCUT2D eigenvalue weighted by Crippen LogP contribution is -2.04. The summed E-state index contributed by atoms with van der Waals surface area (Å²) in [5.74, 6) is 0.775. The molecule has 0 saturated carbocycles. The highest BCUT2D eigenvalue weighted by molar-refractivity contribution is 5.44. The minimum atomic E-state index is 0.775. The van der Waals surface area contributed by atoms with E-state index in [1.807, 2.05) is 13.8 Å². The quantitative estimate of drug-likeness (QED) is 0.757. The third kappa shape index (κ3) is 6.49. The smallest absolute Gasteiger partial charge is 0.0340 e. The molecule has 0 unspecified atom stereocenters. The van der Waals surface area contributed by atoms with E-state index in [2.05, 4.69) is 50.4 Å². The van der Waals surface area contributed by atoms with E-state index < -0.39 is 0 Å². The highest BCUT2D eigenvalue weighted by Crippen LogP contribution is 2.10. The molecule has 0 fully saturated rings. The van der Waals surface area contributed by atoms with Crippen LogP contribution in [0.15, 0.2) is 24.3 Å². The number of rotatable bonds is 5. The molecule has 0 atom stereocenters. The van der Waals surface area contributed by atoms with Crippen LogP contribution in [0.25, 0.3) is 0 Å². The lowest BCUT2D eigenvalue weighted by atomic mass is 10.1. The summed E-state index contributed by atoms with van der Waals surface area (Å²) in [6.07, 6.45) is 2.35. The Morgan fingerprint density at radius 1 is 1.06 bits per heavy atom. The average molecular weight is 221 g/mol. The first-order valence-electron chi connectivity index (χ1n) is 6.55. The summed E-state index contributed by atoms with van der Waals surface area (Å²) in [5.41, 5.74) is 2.64. The van der Waals surface area contributed by atoms with Gasteiger partial charge in [0.1, 0.15) is 0 Å². The summed E-state index contributed by atoms with van der Waals surface area (Å²) in [5, 5.41) is 3.43. The predicted octanol–water partition coefficient (Wildman–Crippen LogP) is 4.73. The van der Waals surface area contributed by atoms with E-state index in [0.717, 1.165) is 18.9 Å². The van der Waals surface area contributed by atoms with Gasteiger partial charge in [0.2, 0.25) is 0 Å². The summed E-state index contributed by atoms with van der Waals surface area (Å²) in [7, 11) is 0. The van der Waals surface area contributed by atoms with E-state index in [0.29, 0.717) is 0 Å². The fourth-order valence-corrected chi connectivity index (χ4v) is 1.36. The van der Waals surface area contributed by atoms with Gasteiger partial charge in [-0.1, -0.05) is 46.8 Å². The predicted molar refractivity (Wildman–Crippen MR) is 75.1 cm³/mol. The Morgan fingerprint density at radius 2 is 1.62 bits per heavy atom. The van der Waals surface area contributed by atoms with Crippen LogP contribution in [-0.4, -0.2) is 6.54 Å². The first kappa shape index (κ1) is 15.0. The SMILES string of the molecule is CC.CCc1ccc(NCCC(C)C)cc1. The third-order valence-electron chi connectivity index (χ3n) is 2.41. The van der Waals surface area contributed by atoms with Crippen LogP contribution in [-0.2, 0) is 6.42 Å². The molecule has 1 aromatic carbocycles. The number of nitrogens with one attached hydrogen (secondary N) is 1. The van der Waals surface area contributed by atoms with Crippen LogP contribution in [0.3, 0.4) is 0 Å². The molecule has 0 spiro atoms. The lowest BCUT2D eigenvalue weighted by molar-refractivity contribution is 0.607. The van der Waals surface area contributed by atoms with Gasteiger partial charge in [0, 0.05) is 12.2 Å². The topological polar surface area (TPSA) is 12.0 Å². The van der Waals surface area contributed by atoms with Gasteiger partial charge in [0.15, 0.2) is 0 Å². The van der Waals surface area contributed by atoms with E-state index in [1.54, 1.807) is 0 Å². The van der Waals surface area contributed by atoms with Gasteiger partial charge in [-0.2, -0.15) is 0 Å². The standard InChI is InChI=1S/C13H21N.C2H6/c1-4-12-5-7-13(8-6-12)14-10-9-11(2)3;1-2/h5-8,11,14H,4,9-10H2,1-3H3;1-2H3. The van der Waals surface area contributed by atoms with Gasteiger partial charge < -0.3 is 5.32 Å². The monoisotopic (exact) mass is 221 g/mol. The zero-order valence-corrected chi connectivity index (χ0v) is 11.5. The second-order valence-electron chi connectivity index (χ2n) is 4.16. The van der Waals surface area contributed by atoms with Gasteiger partial charge in [-0.05, 0) is 36.5 Å². The van der Waals surface area contributed by atoms with Crippen molar-refractivity contribution in [1.29, 1.82) is 0 Å². The van der Waals surface area contributed by atoms with Crippen molar-refractivity contribution in [3.63, 3.8) is 0 Å². The van der Waals surface area contributed by atoms with Crippen LogP contribution in [0.2, 0.25) is 0 Å². The zero-order valence-electron chi connectivity index (χ0n) is 11.5. The van der Waals surface area contributed by atoms with E-state index >= 15 is 0 Å². The minimum absolute atomic E-state index is 0.775. The van der Waals surface area contributed by atoms with Gasteiger partial charge in [-0.15, -0.1) is 0 Å². The molecule has 0 amide bonds. The number of anilines is 1. The molecule has 0 saturated heterocycles. The van der Waals surface area contributed by atoms with Crippen molar-refractivity contribution in [3.8, 4) is 0 Å². The van der Waals surface area contributed by atoms with Crippen LogP contribution < -0.4 is 5.32 Å². The van der Waals surface area contributed by atoms with Gasteiger partial charge in [0.05, 0.1) is 0 Å². The normalized spacial score (nSPS) is 9.62. The zero-order chi connectivity index (χ0) is 12.4. The maximum Gasteiger partial charge on any atom is 0.0340 e. The molecule has 0 heterocycles. The van der Waals surface area contributed by atoms with E-state index in [1.165, 1.54) is 17.7 Å². The number of benzene rings is 1. The van der Waals surface area contributed by atoms with E-state index in [9.17, 15) is 0 Å². The van der Waals surface area contributed by atoms with Crippen molar-refractivity contribution in [2.75, 3.05) is 11.9 Å². The Morgan fingerprint density at radius 3 is 2.06 bits per heavy atom. The van der Waals surface area contributed by atoms with Crippen LogP contribution >= 0.6 is 0 Å². The molecule has 0 aliphatic heterocycles. The Hall–Kier alpha value is -0.980. The number of hydrogen-bond acceptors (Lipinski definition) is 1. The molecule has 92 valence electrons. The van der Waals surface area contributed by atoms with Gasteiger partial charge in [-0.3, -0.25) is 0 Å². The van der Waals surface area contributed by atoms with Crippen LogP contribution in [0.1, 0.15) is 46.6 Å². The first-order chi connectivity index (χ1) is 7.72.